The summed E-state index contributed by atoms with van der Waals surface area (Å²) in [6.45, 7) is 7.69. The summed E-state index contributed by atoms with van der Waals surface area (Å²) >= 11 is 0. The van der Waals surface area contributed by atoms with Gasteiger partial charge in [0.25, 0.3) is 5.56 Å². The maximum atomic E-state index is 12.5. The molecule has 1 N–H and O–H groups in total. The summed E-state index contributed by atoms with van der Waals surface area (Å²) in [4.78, 5) is 24.9. The molecule has 0 amide bonds. The van der Waals surface area contributed by atoms with Gasteiger partial charge in [0.15, 0.2) is 0 Å². The van der Waals surface area contributed by atoms with Crippen LogP contribution in [0.5, 0.6) is 0 Å². The number of nitrogens with one attached hydrogen (secondary N) is 1. The molecule has 0 bridgehead atoms. The lowest BCUT2D eigenvalue weighted by Gasteiger charge is -2.21. The van der Waals surface area contributed by atoms with Crippen molar-refractivity contribution in [1.29, 1.82) is 0 Å². The maximum absolute atomic E-state index is 12.5. The Morgan fingerprint density at radius 3 is 2.59 bits per heavy atom. The van der Waals surface area contributed by atoms with Gasteiger partial charge in [-0.2, -0.15) is 0 Å². The lowest BCUT2D eigenvalue weighted by Crippen LogP contribution is -2.32. The fourth-order valence-corrected chi connectivity index (χ4v) is 3.85. The molecule has 5 heteroatoms. The SMILES string of the molecule is Cc1cccc2cc(CN3CCCN(Cc4ccccn4)CC3)c(=O)[nH]c12. The average Bonchev–Trinajstić information content (AvgIpc) is 2.89. The zero-order chi connectivity index (χ0) is 18.6. The van der Waals surface area contributed by atoms with Gasteiger partial charge in [0, 0.05) is 37.9 Å². The highest BCUT2D eigenvalue weighted by Gasteiger charge is 2.17. The first-order valence-electron chi connectivity index (χ1n) is 9.65. The number of aromatic amines is 1. The maximum Gasteiger partial charge on any atom is 0.252 e. The van der Waals surface area contributed by atoms with Gasteiger partial charge in [-0.25, -0.2) is 0 Å². The Bertz CT molecular complexity index is 967. The normalized spacial score (nSPS) is 16.5. The van der Waals surface area contributed by atoms with Crippen LogP contribution in [0.25, 0.3) is 10.9 Å². The number of benzene rings is 1. The van der Waals surface area contributed by atoms with Crippen LogP contribution in [0.1, 0.15) is 23.2 Å². The third-order valence-electron chi connectivity index (χ3n) is 5.35. The van der Waals surface area contributed by atoms with E-state index in [1.54, 1.807) is 0 Å². The van der Waals surface area contributed by atoms with Gasteiger partial charge < -0.3 is 4.98 Å². The Morgan fingerprint density at radius 1 is 1.00 bits per heavy atom. The first-order chi connectivity index (χ1) is 13.2. The van der Waals surface area contributed by atoms with E-state index in [9.17, 15) is 4.79 Å². The van der Waals surface area contributed by atoms with Crippen molar-refractivity contribution in [1.82, 2.24) is 19.8 Å². The average molecular weight is 362 g/mol. The molecule has 1 aliphatic rings. The molecule has 3 heterocycles. The number of rotatable bonds is 4. The van der Waals surface area contributed by atoms with Crippen LogP contribution in [0.3, 0.4) is 0 Å². The van der Waals surface area contributed by atoms with E-state index in [4.69, 9.17) is 0 Å². The molecule has 1 saturated heterocycles. The van der Waals surface area contributed by atoms with Crippen LogP contribution in [0.2, 0.25) is 0 Å². The fourth-order valence-electron chi connectivity index (χ4n) is 3.85. The molecule has 27 heavy (non-hydrogen) atoms. The van der Waals surface area contributed by atoms with E-state index in [1.165, 1.54) is 0 Å². The molecule has 140 valence electrons. The summed E-state index contributed by atoms with van der Waals surface area (Å²) in [5.41, 5.74) is 4.06. The van der Waals surface area contributed by atoms with Crippen molar-refractivity contribution >= 4 is 10.9 Å². The second-order valence-corrected chi connectivity index (χ2v) is 7.39. The quantitative estimate of drug-likeness (QED) is 0.775. The largest absolute Gasteiger partial charge is 0.321 e. The Labute approximate surface area is 159 Å². The van der Waals surface area contributed by atoms with E-state index in [2.05, 4.69) is 38.0 Å². The van der Waals surface area contributed by atoms with E-state index in [-0.39, 0.29) is 5.56 Å². The molecular formula is C22H26N4O. The highest BCUT2D eigenvalue weighted by molar-refractivity contribution is 5.81. The molecule has 3 aromatic rings. The van der Waals surface area contributed by atoms with Crippen molar-refractivity contribution in [2.75, 3.05) is 26.2 Å². The van der Waals surface area contributed by atoms with E-state index in [1.807, 2.05) is 37.4 Å². The van der Waals surface area contributed by atoms with Gasteiger partial charge >= 0.3 is 0 Å². The predicted octanol–water partition coefficient (Wildman–Crippen LogP) is 2.94. The fraction of sp³-hybridized carbons (Fsp3) is 0.364. The smallest absolute Gasteiger partial charge is 0.252 e. The number of para-hydroxylation sites is 1. The number of hydrogen-bond acceptors (Lipinski definition) is 4. The van der Waals surface area contributed by atoms with Gasteiger partial charge in [0.1, 0.15) is 0 Å². The van der Waals surface area contributed by atoms with Gasteiger partial charge in [-0.05, 0) is 55.6 Å². The number of fused-ring (bicyclic) bond motifs is 1. The van der Waals surface area contributed by atoms with E-state index in [0.717, 1.165) is 66.9 Å². The summed E-state index contributed by atoms with van der Waals surface area (Å²) in [6, 6.07) is 14.3. The molecule has 5 nitrogen and oxygen atoms in total. The molecule has 0 spiro atoms. The number of pyridine rings is 2. The Balaban J connectivity index is 1.44. The van der Waals surface area contributed by atoms with Crippen LogP contribution >= 0.6 is 0 Å². The van der Waals surface area contributed by atoms with Crippen LogP contribution in [0, 0.1) is 6.92 Å². The predicted molar refractivity (Wildman–Crippen MR) is 109 cm³/mol. The molecule has 2 aromatic heterocycles. The number of aryl methyl sites for hydroxylation is 1. The summed E-state index contributed by atoms with van der Waals surface area (Å²) < 4.78 is 0. The van der Waals surface area contributed by atoms with Crippen molar-refractivity contribution in [3.8, 4) is 0 Å². The molecular weight excluding hydrogens is 336 g/mol. The van der Waals surface area contributed by atoms with Crippen LogP contribution in [0.15, 0.2) is 53.5 Å². The van der Waals surface area contributed by atoms with Crippen molar-refractivity contribution in [3.05, 3.63) is 75.8 Å². The summed E-state index contributed by atoms with van der Waals surface area (Å²) in [5.74, 6) is 0. The minimum absolute atomic E-state index is 0.0337. The summed E-state index contributed by atoms with van der Waals surface area (Å²) in [6.07, 6.45) is 2.96. The van der Waals surface area contributed by atoms with Gasteiger partial charge in [0.05, 0.1) is 11.2 Å². The lowest BCUT2D eigenvalue weighted by atomic mass is 10.1. The van der Waals surface area contributed by atoms with Crippen LogP contribution in [-0.2, 0) is 13.1 Å². The monoisotopic (exact) mass is 362 g/mol. The van der Waals surface area contributed by atoms with Gasteiger partial charge in [-0.3, -0.25) is 19.6 Å². The van der Waals surface area contributed by atoms with E-state index in [0.29, 0.717) is 6.54 Å². The van der Waals surface area contributed by atoms with Crippen molar-refractivity contribution < 1.29 is 0 Å². The number of H-pyrrole nitrogens is 1. The first-order valence-corrected chi connectivity index (χ1v) is 9.65. The minimum atomic E-state index is 0.0337. The van der Waals surface area contributed by atoms with Crippen LogP contribution in [0.4, 0.5) is 0 Å². The molecule has 0 saturated carbocycles. The third kappa shape index (κ3) is 4.26. The second-order valence-electron chi connectivity index (χ2n) is 7.39. The first kappa shape index (κ1) is 17.9. The zero-order valence-corrected chi connectivity index (χ0v) is 15.8. The third-order valence-corrected chi connectivity index (χ3v) is 5.35. The molecule has 0 aliphatic carbocycles. The topological polar surface area (TPSA) is 52.2 Å². The second kappa shape index (κ2) is 8.03. The van der Waals surface area contributed by atoms with E-state index < -0.39 is 0 Å². The number of aromatic nitrogens is 2. The molecule has 0 radical (unpaired) electrons. The van der Waals surface area contributed by atoms with Gasteiger partial charge in [-0.1, -0.05) is 24.3 Å². The molecule has 4 rings (SSSR count). The van der Waals surface area contributed by atoms with Gasteiger partial charge in [-0.15, -0.1) is 0 Å². The highest BCUT2D eigenvalue weighted by Crippen LogP contribution is 2.16. The van der Waals surface area contributed by atoms with Crippen molar-refractivity contribution in [2.24, 2.45) is 0 Å². The molecule has 1 aliphatic heterocycles. The van der Waals surface area contributed by atoms with Crippen LogP contribution in [-0.4, -0.2) is 45.9 Å². The van der Waals surface area contributed by atoms with Crippen LogP contribution < -0.4 is 5.56 Å². The van der Waals surface area contributed by atoms with Gasteiger partial charge in [0.2, 0.25) is 0 Å². The number of nitrogens with zero attached hydrogens (tertiary/aromatic N) is 3. The van der Waals surface area contributed by atoms with Crippen molar-refractivity contribution in [3.63, 3.8) is 0 Å². The summed E-state index contributed by atoms with van der Waals surface area (Å²) in [5, 5.41) is 1.11. The Kier molecular flexibility index (Phi) is 5.32. The molecule has 1 aromatic carbocycles. The Morgan fingerprint density at radius 2 is 1.81 bits per heavy atom. The Hall–Kier alpha value is -2.50. The van der Waals surface area contributed by atoms with E-state index >= 15 is 0 Å². The zero-order valence-electron chi connectivity index (χ0n) is 15.8. The molecule has 0 atom stereocenters. The lowest BCUT2D eigenvalue weighted by molar-refractivity contribution is 0.245. The number of hydrogen-bond donors (Lipinski definition) is 1. The van der Waals surface area contributed by atoms with Crippen molar-refractivity contribution in [2.45, 2.75) is 26.4 Å². The molecule has 0 unspecified atom stereocenters. The minimum Gasteiger partial charge on any atom is -0.321 e. The highest BCUT2D eigenvalue weighted by atomic mass is 16.1. The standard InChI is InChI=1S/C22H26N4O/c1-17-6-4-7-18-14-19(22(27)24-21(17)18)15-25-10-5-11-26(13-12-25)16-20-8-2-3-9-23-20/h2-4,6-9,14H,5,10-13,15-16H2,1H3,(H,24,27). The summed E-state index contributed by atoms with van der Waals surface area (Å²) in [7, 11) is 0. The molecule has 1 fully saturated rings.